The molecule has 0 bridgehead atoms. The Labute approximate surface area is 135 Å². The van der Waals surface area contributed by atoms with E-state index in [-0.39, 0.29) is 29.8 Å². The molecule has 0 heterocycles. The van der Waals surface area contributed by atoms with Crippen molar-refractivity contribution in [2.24, 2.45) is 0 Å². The van der Waals surface area contributed by atoms with Gasteiger partial charge in [0, 0.05) is 0 Å². The number of carbonyl (C=O) groups is 2. The van der Waals surface area contributed by atoms with Gasteiger partial charge in [-0.25, -0.2) is 0 Å². The molecule has 0 aromatic carbocycles. The first-order chi connectivity index (χ1) is 10.0. The van der Waals surface area contributed by atoms with Gasteiger partial charge in [0.2, 0.25) is 0 Å². The van der Waals surface area contributed by atoms with Crippen molar-refractivity contribution in [2.45, 2.75) is 77.6 Å². The molecule has 0 aromatic rings. The zero-order valence-electron chi connectivity index (χ0n) is 15.2. The summed E-state index contributed by atoms with van der Waals surface area (Å²) < 4.78 is 16.1. The lowest BCUT2D eigenvalue weighted by molar-refractivity contribution is -0.147. The van der Waals surface area contributed by atoms with Crippen molar-refractivity contribution in [1.29, 1.82) is 0 Å². The zero-order valence-corrected chi connectivity index (χ0v) is 16.2. The number of methoxy groups -OCH3 is 1. The predicted octanol–water partition coefficient (Wildman–Crippen LogP) is 3.67. The molecule has 6 heteroatoms. The largest absolute Gasteiger partial charge is 0.469 e. The molecular weight excluding hydrogens is 300 g/mol. The summed E-state index contributed by atoms with van der Waals surface area (Å²) >= 11 is 0. The average molecular weight is 333 g/mol. The molecule has 22 heavy (non-hydrogen) atoms. The van der Waals surface area contributed by atoms with E-state index in [1.54, 1.807) is 0 Å². The minimum atomic E-state index is -2.07. The number of ether oxygens (including phenoxy) is 2. The molecule has 0 radical (unpaired) electrons. The van der Waals surface area contributed by atoms with Gasteiger partial charge in [-0.15, -0.1) is 0 Å². The molecule has 0 fully saturated rings. The van der Waals surface area contributed by atoms with Crippen LogP contribution in [0.4, 0.5) is 0 Å². The lowest BCUT2D eigenvalue weighted by Crippen LogP contribution is -2.45. The van der Waals surface area contributed by atoms with Crippen LogP contribution in [-0.4, -0.2) is 40.1 Å². The van der Waals surface area contributed by atoms with E-state index in [1.165, 1.54) is 7.11 Å². The molecule has 0 amide bonds. The molecule has 0 aliphatic heterocycles. The third-order valence-corrected chi connectivity index (χ3v) is 8.58. The normalized spacial score (nSPS) is 13.6. The minimum Gasteiger partial charge on any atom is -0.469 e. The summed E-state index contributed by atoms with van der Waals surface area (Å²) in [6, 6.07) is 0. The van der Waals surface area contributed by atoms with Crippen molar-refractivity contribution >= 4 is 20.3 Å². The summed E-state index contributed by atoms with van der Waals surface area (Å²) in [6.07, 6.45) is 1.50. The second-order valence-electron chi connectivity index (χ2n) is 7.06. The Kier molecular flexibility index (Phi) is 8.93. The lowest BCUT2D eigenvalue weighted by atomic mass is 10.2. The molecule has 0 aliphatic carbocycles. The van der Waals surface area contributed by atoms with E-state index < -0.39 is 14.4 Å². The molecule has 0 unspecified atom stereocenters. The van der Waals surface area contributed by atoms with Gasteiger partial charge in [0.05, 0.1) is 32.7 Å². The highest BCUT2D eigenvalue weighted by atomic mass is 28.4. The maximum absolute atomic E-state index is 11.9. The van der Waals surface area contributed by atoms with Gasteiger partial charge in [-0.3, -0.25) is 9.59 Å². The maximum Gasteiger partial charge on any atom is 0.308 e. The predicted molar refractivity (Wildman–Crippen MR) is 89.2 cm³/mol. The van der Waals surface area contributed by atoms with Crippen LogP contribution in [0, 0.1) is 0 Å². The van der Waals surface area contributed by atoms with Crippen molar-refractivity contribution in [3.8, 4) is 0 Å². The van der Waals surface area contributed by atoms with Crippen LogP contribution < -0.4 is 0 Å². The van der Waals surface area contributed by atoms with Crippen molar-refractivity contribution in [2.75, 3.05) is 13.7 Å². The van der Waals surface area contributed by atoms with Crippen LogP contribution in [0.5, 0.6) is 0 Å². The lowest BCUT2D eigenvalue weighted by Gasteiger charge is -2.38. The van der Waals surface area contributed by atoms with Gasteiger partial charge in [0.15, 0.2) is 8.32 Å². The number of carbonyl (C=O) groups excluding carboxylic acids is 2. The highest BCUT2D eigenvalue weighted by Gasteiger charge is 2.40. The number of unbranched alkanes of at least 4 members (excludes halogenated alkanes) is 1. The van der Waals surface area contributed by atoms with E-state index in [2.05, 4.69) is 33.9 Å². The van der Waals surface area contributed by atoms with E-state index in [1.807, 2.05) is 6.92 Å². The highest BCUT2D eigenvalue weighted by Crippen LogP contribution is 2.38. The second-order valence-corrected chi connectivity index (χ2v) is 11.8. The summed E-state index contributed by atoms with van der Waals surface area (Å²) in [5.41, 5.74) is 0. The molecule has 0 saturated carbocycles. The fourth-order valence-corrected chi connectivity index (χ4v) is 2.95. The van der Waals surface area contributed by atoms with Crippen molar-refractivity contribution < 1.29 is 23.5 Å². The Hall–Kier alpha value is -0.883. The SMILES string of the molecule is CCCCOC(=O)C[C@H](CC(=O)OC)O[Si](C)(C)C(C)(C)C. The quantitative estimate of drug-likeness (QED) is 0.366. The second kappa shape index (κ2) is 9.30. The first-order valence-corrected chi connectivity index (χ1v) is 10.8. The van der Waals surface area contributed by atoms with Gasteiger partial charge in [-0.05, 0) is 24.6 Å². The minimum absolute atomic E-state index is 0.00743. The van der Waals surface area contributed by atoms with Crippen LogP contribution in [0.1, 0.15) is 53.4 Å². The van der Waals surface area contributed by atoms with Crippen LogP contribution in [0.25, 0.3) is 0 Å². The Balaban J connectivity index is 4.76. The number of esters is 2. The van der Waals surface area contributed by atoms with Gasteiger partial charge in [0.25, 0.3) is 0 Å². The van der Waals surface area contributed by atoms with Gasteiger partial charge >= 0.3 is 11.9 Å². The van der Waals surface area contributed by atoms with Crippen molar-refractivity contribution in [3.05, 3.63) is 0 Å². The average Bonchev–Trinajstić information content (AvgIpc) is 2.36. The number of hydrogen-bond acceptors (Lipinski definition) is 5. The van der Waals surface area contributed by atoms with Crippen LogP contribution in [0.2, 0.25) is 18.1 Å². The van der Waals surface area contributed by atoms with Crippen LogP contribution in [0.3, 0.4) is 0 Å². The molecule has 1 atom stereocenters. The first kappa shape index (κ1) is 21.1. The topological polar surface area (TPSA) is 61.8 Å². The molecule has 0 rings (SSSR count). The van der Waals surface area contributed by atoms with Gasteiger partial charge in [0.1, 0.15) is 0 Å². The fraction of sp³-hybridized carbons (Fsp3) is 0.875. The van der Waals surface area contributed by atoms with Gasteiger partial charge < -0.3 is 13.9 Å². The van der Waals surface area contributed by atoms with E-state index >= 15 is 0 Å². The molecular formula is C16H32O5Si. The van der Waals surface area contributed by atoms with E-state index in [0.717, 1.165) is 12.8 Å². The summed E-state index contributed by atoms with van der Waals surface area (Å²) in [6.45, 7) is 13.0. The first-order valence-electron chi connectivity index (χ1n) is 7.93. The van der Waals surface area contributed by atoms with Crippen molar-refractivity contribution in [1.82, 2.24) is 0 Å². The molecule has 0 saturated heterocycles. The van der Waals surface area contributed by atoms with E-state index in [9.17, 15) is 9.59 Å². The Morgan fingerprint density at radius 1 is 1.09 bits per heavy atom. The standard InChI is InChI=1S/C16H32O5Si/c1-8-9-10-20-15(18)12-13(11-14(17)19-5)21-22(6,7)16(2,3)4/h13H,8-12H2,1-7H3/t13-/m0/s1. The zero-order chi connectivity index (χ0) is 17.4. The van der Waals surface area contributed by atoms with Crippen LogP contribution >= 0.6 is 0 Å². The Bertz CT molecular complexity index is 360. The molecule has 0 N–H and O–H groups in total. The van der Waals surface area contributed by atoms with Crippen molar-refractivity contribution in [3.63, 3.8) is 0 Å². The molecule has 0 aromatic heterocycles. The molecule has 0 spiro atoms. The maximum atomic E-state index is 11.9. The fourth-order valence-electron chi connectivity index (χ4n) is 1.59. The van der Waals surface area contributed by atoms with Crippen LogP contribution in [0.15, 0.2) is 0 Å². The third kappa shape index (κ3) is 7.94. The summed E-state index contributed by atoms with van der Waals surface area (Å²) in [4.78, 5) is 23.5. The highest BCUT2D eigenvalue weighted by molar-refractivity contribution is 6.74. The van der Waals surface area contributed by atoms with E-state index in [0.29, 0.717) is 6.61 Å². The molecule has 0 aliphatic rings. The Morgan fingerprint density at radius 3 is 2.09 bits per heavy atom. The summed E-state index contributed by atoms with van der Waals surface area (Å²) in [5, 5.41) is 0.00743. The summed E-state index contributed by atoms with van der Waals surface area (Å²) in [7, 11) is -0.730. The van der Waals surface area contributed by atoms with Crippen LogP contribution in [-0.2, 0) is 23.5 Å². The number of rotatable bonds is 9. The van der Waals surface area contributed by atoms with E-state index in [4.69, 9.17) is 13.9 Å². The smallest absolute Gasteiger partial charge is 0.308 e. The molecule has 5 nitrogen and oxygen atoms in total. The monoisotopic (exact) mass is 332 g/mol. The third-order valence-electron chi connectivity index (χ3n) is 4.04. The van der Waals surface area contributed by atoms with Gasteiger partial charge in [-0.2, -0.15) is 0 Å². The number of hydrogen-bond donors (Lipinski definition) is 0. The molecule has 130 valence electrons. The Morgan fingerprint density at radius 2 is 1.64 bits per heavy atom. The summed E-state index contributed by atoms with van der Waals surface area (Å²) in [5.74, 6) is -0.689. The van der Waals surface area contributed by atoms with Gasteiger partial charge in [-0.1, -0.05) is 34.1 Å².